The van der Waals surface area contributed by atoms with Gasteiger partial charge in [0.2, 0.25) is 0 Å². The molecule has 0 spiro atoms. The Morgan fingerprint density at radius 2 is 1.88 bits per heavy atom. The number of hydrogen-bond donors (Lipinski definition) is 2. The molecule has 132 valence electrons. The van der Waals surface area contributed by atoms with Crippen LogP contribution in [0.3, 0.4) is 0 Å². The van der Waals surface area contributed by atoms with Crippen molar-refractivity contribution in [3.63, 3.8) is 0 Å². The van der Waals surface area contributed by atoms with Crippen molar-refractivity contribution in [1.29, 1.82) is 0 Å². The maximum Gasteiger partial charge on any atom is 0.266 e. The van der Waals surface area contributed by atoms with Crippen LogP contribution in [0.25, 0.3) is 16.2 Å². The lowest BCUT2D eigenvalue weighted by molar-refractivity contribution is 0.0688. The van der Waals surface area contributed by atoms with Gasteiger partial charge in [0.15, 0.2) is 4.96 Å². The first-order valence-electron chi connectivity index (χ1n) is 7.80. The second-order valence-corrected chi connectivity index (χ2v) is 6.52. The van der Waals surface area contributed by atoms with E-state index in [0.717, 1.165) is 11.3 Å². The van der Waals surface area contributed by atoms with E-state index in [9.17, 15) is 9.18 Å². The van der Waals surface area contributed by atoms with E-state index in [4.69, 9.17) is 10.2 Å². The summed E-state index contributed by atoms with van der Waals surface area (Å²) in [6.07, 6.45) is 1.81. The smallest absolute Gasteiger partial charge is 0.266 e. The molecule has 3 rings (SSSR count). The normalized spacial score (nSPS) is 11.2. The molecule has 0 saturated carbocycles. The van der Waals surface area contributed by atoms with Gasteiger partial charge in [0, 0.05) is 30.5 Å². The van der Waals surface area contributed by atoms with E-state index >= 15 is 0 Å². The van der Waals surface area contributed by atoms with Crippen molar-refractivity contribution in [2.75, 3.05) is 26.3 Å². The Bertz CT molecular complexity index is 883. The van der Waals surface area contributed by atoms with E-state index in [1.54, 1.807) is 12.1 Å². The van der Waals surface area contributed by atoms with Crippen LogP contribution in [0.2, 0.25) is 0 Å². The minimum Gasteiger partial charge on any atom is -0.395 e. The Labute approximate surface area is 147 Å². The summed E-state index contributed by atoms with van der Waals surface area (Å²) in [5, 5.41) is 18.2. The maximum absolute atomic E-state index is 13.1. The molecule has 0 aliphatic carbocycles. The van der Waals surface area contributed by atoms with Crippen molar-refractivity contribution in [2.24, 2.45) is 0 Å². The standard InChI is InChI=1S/C17H18FN3O3S/c1-11-15(16(24)20(6-8-22)7-9-23)25-17-19-14(10-21(11)17)12-2-4-13(18)5-3-12/h2-5,10,22-23H,6-9H2,1H3. The van der Waals surface area contributed by atoms with Gasteiger partial charge in [-0.15, -0.1) is 0 Å². The molecular weight excluding hydrogens is 345 g/mol. The zero-order valence-electron chi connectivity index (χ0n) is 13.6. The van der Waals surface area contributed by atoms with Crippen LogP contribution >= 0.6 is 11.3 Å². The summed E-state index contributed by atoms with van der Waals surface area (Å²) in [7, 11) is 0. The highest BCUT2D eigenvalue weighted by atomic mass is 32.1. The largest absolute Gasteiger partial charge is 0.395 e. The first-order valence-corrected chi connectivity index (χ1v) is 8.62. The molecule has 0 aliphatic heterocycles. The van der Waals surface area contributed by atoms with Crippen molar-refractivity contribution in [3.8, 4) is 11.3 Å². The van der Waals surface area contributed by atoms with Crippen LogP contribution in [0.4, 0.5) is 4.39 Å². The molecule has 8 heteroatoms. The highest BCUT2D eigenvalue weighted by Gasteiger charge is 2.22. The number of rotatable bonds is 6. The summed E-state index contributed by atoms with van der Waals surface area (Å²) in [4.78, 5) is 19.8. The predicted molar refractivity (Wildman–Crippen MR) is 93.3 cm³/mol. The van der Waals surface area contributed by atoms with E-state index in [1.807, 2.05) is 17.5 Å². The third kappa shape index (κ3) is 3.41. The molecule has 1 amide bonds. The van der Waals surface area contributed by atoms with E-state index in [0.29, 0.717) is 15.5 Å². The minimum absolute atomic E-state index is 0.165. The Hall–Kier alpha value is -2.29. The third-order valence-corrected chi connectivity index (χ3v) is 5.06. The van der Waals surface area contributed by atoms with E-state index in [2.05, 4.69) is 4.98 Å². The van der Waals surface area contributed by atoms with Crippen molar-refractivity contribution in [2.45, 2.75) is 6.92 Å². The monoisotopic (exact) mass is 363 g/mol. The molecule has 0 aliphatic rings. The van der Waals surface area contributed by atoms with Gasteiger partial charge in [-0.1, -0.05) is 11.3 Å². The van der Waals surface area contributed by atoms with Gasteiger partial charge in [0.25, 0.3) is 5.91 Å². The average Bonchev–Trinajstić information content (AvgIpc) is 3.14. The number of aryl methyl sites for hydroxylation is 1. The minimum atomic E-state index is -0.304. The number of fused-ring (bicyclic) bond motifs is 1. The highest BCUT2D eigenvalue weighted by molar-refractivity contribution is 7.19. The number of aliphatic hydroxyl groups is 2. The zero-order chi connectivity index (χ0) is 18.0. The Morgan fingerprint density at radius 1 is 1.24 bits per heavy atom. The van der Waals surface area contributed by atoms with Gasteiger partial charge >= 0.3 is 0 Å². The number of thiazole rings is 1. The number of carbonyl (C=O) groups excluding carboxylic acids is 1. The average molecular weight is 363 g/mol. The van der Waals surface area contributed by atoms with Gasteiger partial charge in [-0.05, 0) is 31.2 Å². The number of amides is 1. The van der Waals surface area contributed by atoms with Gasteiger partial charge in [0.1, 0.15) is 10.7 Å². The Morgan fingerprint density at radius 3 is 2.44 bits per heavy atom. The maximum atomic E-state index is 13.1. The number of nitrogens with zero attached hydrogens (tertiary/aromatic N) is 3. The summed E-state index contributed by atoms with van der Waals surface area (Å²) in [6.45, 7) is 1.83. The fourth-order valence-corrected chi connectivity index (χ4v) is 3.69. The van der Waals surface area contributed by atoms with Crippen molar-refractivity contribution < 1.29 is 19.4 Å². The molecule has 0 fully saturated rings. The fraction of sp³-hybridized carbons (Fsp3) is 0.294. The molecule has 1 aromatic carbocycles. The van der Waals surface area contributed by atoms with Gasteiger partial charge in [-0.3, -0.25) is 9.20 Å². The van der Waals surface area contributed by atoms with E-state index in [-0.39, 0.29) is 38.0 Å². The number of imidazole rings is 1. The molecule has 2 N–H and O–H groups in total. The molecule has 0 radical (unpaired) electrons. The van der Waals surface area contributed by atoms with Gasteiger partial charge in [-0.25, -0.2) is 9.37 Å². The number of halogens is 1. The van der Waals surface area contributed by atoms with Gasteiger partial charge < -0.3 is 15.1 Å². The number of carbonyl (C=O) groups is 1. The molecule has 25 heavy (non-hydrogen) atoms. The summed E-state index contributed by atoms with van der Waals surface area (Å²) >= 11 is 1.25. The van der Waals surface area contributed by atoms with Crippen LogP contribution < -0.4 is 0 Å². The van der Waals surface area contributed by atoms with Crippen LogP contribution in [-0.4, -0.2) is 56.7 Å². The van der Waals surface area contributed by atoms with E-state index < -0.39 is 0 Å². The summed E-state index contributed by atoms with van der Waals surface area (Å²) in [5.74, 6) is -0.541. The topological polar surface area (TPSA) is 78.1 Å². The predicted octanol–water partition coefficient (Wildman–Crippen LogP) is 1.94. The molecule has 6 nitrogen and oxygen atoms in total. The van der Waals surface area contributed by atoms with Crippen LogP contribution in [0, 0.1) is 12.7 Å². The summed E-state index contributed by atoms with van der Waals surface area (Å²) in [5.41, 5.74) is 2.24. The molecule has 2 aromatic heterocycles. The highest BCUT2D eigenvalue weighted by Crippen LogP contribution is 2.28. The second kappa shape index (κ2) is 7.30. The number of benzene rings is 1. The zero-order valence-corrected chi connectivity index (χ0v) is 14.5. The Kier molecular flexibility index (Phi) is 5.12. The summed E-state index contributed by atoms with van der Waals surface area (Å²) in [6, 6.07) is 6.08. The molecule has 0 bridgehead atoms. The number of aromatic nitrogens is 2. The Balaban J connectivity index is 1.94. The second-order valence-electron chi connectivity index (χ2n) is 5.54. The molecule has 2 heterocycles. The van der Waals surface area contributed by atoms with Gasteiger partial charge in [-0.2, -0.15) is 0 Å². The van der Waals surface area contributed by atoms with Crippen LogP contribution in [0.15, 0.2) is 30.5 Å². The van der Waals surface area contributed by atoms with Crippen LogP contribution in [0.1, 0.15) is 15.4 Å². The number of aliphatic hydroxyl groups excluding tert-OH is 2. The van der Waals surface area contributed by atoms with Crippen molar-refractivity contribution >= 4 is 22.2 Å². The SMILES string of the molecule is Cc1c(C(=O)N(CCO)CCO)sc2nc(-c3ccc(F)cc3)cn12. The van der Waals surface area contributed by atoms with E-state index in [1.165, 1.54) is 28.4 Å². The number of hydrogen-bond acceptors (Lipinski definition) is 5. The van der Waals surface area contributed by atoms with Gasteiger partial charge in [0.05, 0.1) is 18.9 Å². The lowest BCUT2D eigenvalue weighted by atomic mass is 10.2. The first-order chi connectivity index (χ1) is 12.0. The molecule has 0 unspecified atom stereocenters. The fourth-order valence-electron chi connectivity index (χ4n) is 2.61. The summed E-state index contributed by atoms with van der Waals surface area (Å²) < 4.78 is 14.9. The van der Waals surface area contributed by atoms with Crippen molar-refractivity contribution in [3.05, 3.63) is 46.9 Å². The quantitative estimate of drug-likeness (QED) is 0.702. The van der Waals surface area contributed by atoms with Crippen LogP contribution in [0.5, 0.6) is 0 Å². The lowest BCUT2D eigenvalue weighted by Gasteiger charge is -2.20. The molecule has 0 saturated heterocycles. The van der Waals surface area contributed by atoms with Crippen LogP contribution in [-0.2, 0) is 0 Å². The molecule has 0 atom stereocenters. The van der Waals surface area contributed by atoms with Crippen molar-refractivity contribution in [1.82, 2.24) is 14.3 Å². The first kappa shape index (κ1) is 17.5. The lowest BCUT2D eigenvalue weighted by Crippen LogP contribution is -2.35. The third-order valence-electron chi connectivity index (χ3n) is 3.92. The molecular formula is C17H18FN3O3S. The molecule has 3 aromatic rings.